The number of hydrogen-bond acceptors (Lipinski definition) is 8. The summed E-state index contributed by atoms with van der Waals surface area (Å²) in [6.07, 6.45) is -6.80. The summed E-state index contributed by atoms with van der Waals surface area (Å²) < 4.78 is 11.2. The average Bonchev–Trinajstić information content (AvgIpc) is 2.70. The van der Waals surface area contributed by atoms with Crippen molar-refractivity contribution in [3.8, 4) is 22.8 Å². The molecule has 0 saturated carbocycles. The van der Waals surface area contributed by atoms with Gasteiger partial charge in [-0.2, -0.15) is 0 Å². The Bertz CT molecular complexity index is 1160. The molecule has 2 heterocycles. The Balaban J connectivity index is 1.86. The van der Waals surface area contributed by atoms with E-state index in [9.17, 15) is 30.3 Å². The number of phenolic OH excluding ortho intramolecular Hbond substituents is 2. The van der Waals surface area contributed by atoms with Crippen molar-refractivity contribution < 1.29 is 34.7 Å². The molecule has 30 heavy (non-hydrogen) atoms. The Hall–Kier alpha value is -2.48. The summed E-state index contributed by atoms with van der Waals surface area (Å²) >= 11 is 0. The van der Waals surface area contributed by atoms with E-state index in [-0.39, 0.29) is 22.3 Å². The smallest absolute Gasteiger partial charge is 0.197 e. The monoisotopic (exact) mass is 432 g/mol. The first-order valence-corrected chi connectivity index (χ1v) is 9.85. The molecule has 0 aliphatic carbocycles. The van der Waals surface area contributed by atoms with Crippen molar-refractivity contribution in [2.24, 2.45) is 0 Å². The molecule has 1 aliphatic heterocycles. The standard InChI is InChI=1S/C21H21O8P/c1-8-17(24)19(26)20(27)21(28-8)16-12(23)7-14-15(18(16)25)11(22)6-13(29-14)9-2-4-10(30)5-3-9/h2-8,17,19-21,23-27H,30H2,1H3/t8-,17-,19+,20-,21+/m0/s1. The Kier molecular flexibility index (Phi) is 5.30. The summed E-state index contributed by atoms with van der Waals surface area (Å²) in [6.45, 7) is 1.47. The lowest BCUT2D eigenvalue weighted by molar-refractivity contribution is -0.220. The number of hydrogen-bond donors (Lipinski definition) is 5. The molecule has 1 fully saturated rings. The molecule has 3 aromatic rings. The van der Waals surface area contributed by atoms with Crippen molar-refractivity contribution in [3.63, 3.8) is 0 Å². The van der Waals surface area contributed by atoms with E-state index in [2.05, 4.69) is 9.24 Å². The molecule has 9 heteroatoms. The molecular weight excluding hydrogens is 411 g/mol. The Morgan fingerprint density at radius 1 is 0.967 bits per heavy atom. The van der Waals surface area contributed by atoms with Crippen molar-refractivity contribution in [2.75, 3.05) is 0 Å². The van der Waals surface area contributed by atoms with Gasteiger partial charge in [0, 0.05) is 17.7 Å². The number of ether oxygens (including phenoxy) is 1. The molecule has 0 amide bonds. The van der Waals surface area contributed by atoms with Crippen molar-refractivity contribution in [1.82, 2.24) is 0 Å². The first-order chi connectivity index (χ1) is 14.2. The second-order valence-corrected chi connectivity index (χ2v) is 8.03. The van der Waals surface area contributed by atoms with Crippen LogP contribution in [0, 0.1) is 0 Å². The van der Waals surface area contributed by atoms with Crippen LogP contribution in [0.5, 0.6) is 11.5 Å². The molecule has 1 saturated heterocycles. The summed E-state index contributed by atoms with van der Waals surface area (Å²) in [5.74, 6) is -0.851. The lowest BCUT2D eigenvalue weighted by Gasteiger charge is -2.39. The molecule has 4 rings (SSSR count). The largest absolute Gasteiger partial charge is 0.507 e. The first-order valence-electron chi connectivity index (χ1n) is 9.27. The highest BCUT2D eigenvalue weighted by atomic mass is 31.0. The molecule has 158 valence electrons. The Morgan fingerprint density at radius 2 is 1.63 bits per heavy atom. The number of aliphatic hydroxyl groups is 3. The predicted octanol–water partition coefficient (Wildman–Crippen LogP) is 0.914. The van der Waals surface area contributed by atoms with Crippen LogP contribution in [0.15, 0.2) is 45.6 Å². The van der Waals surface area contributed by atoms with Crippen LogP contribution >= 0.6 is 9.24 Å². The summed E-state index contributed by atoms with van der Waals surface area (Å²) in [5.41, 5.74) is -0.232. The number of aliphatic hydroxyl groups excluding tert-OH is 3. The second-order valence-electron chi connectivity index (χ2n) is 7.36. The first kappa shape index (κ1) is 20.8. The Morgan fingerprint density at radius 3 is 2.30 bits per heavy atom. The molecule has 8 nitrogen and oxygen atoms in total. The van der Waals surface area contributed by atoms with Crippen LogP contribution in [-0.2, 0) is 4.74 Å². The molecule has 2 aromatic carbocycles. The highest BCUT2D eigenvalue weighted by Crippen LogP contribution is 2.44. The third-order valence-corrected chi connectivity index (χ3v) is 5.73. The molecule has 0 spiro atoms. The maximum Gasteiger partial charge on any atom is 0.197 e. The molecule has 6 atom stereocenters. The average molecular weight is 432 g/mol. The van der Waals surface area contributed by atoms with Crippen LogP contribution < -0.4 is 10.7 Å². The highest BCUT2D eigenvalue weighted by Gasteiger charge is 2.44. The highest BCUT2D eigenvalue weighted by molar-refractivity contribution is 7.27. The van der Waals surface area contributed by atoms with Crippen LogP contribution in [0.2, 0.25) is 0 Å². The van der Waals surface area contributed by atoms with Crippen molar-refractivity contribution in [3.05, 3.63) is 52.2 Å². The van der Waals surface area contributed by atoms with E-state index in [1.54, 1.807) is 12.1 Å². The molecule has 0 bridgehead atoms. The van der Waals surface area contributed by atoms with Crippen LogP contribution in [0.1, 0.15) is 18.6 Å². The van der Waals surface area contributed by atoms with E-state index >= 15 is 0 Å². The van der Waals surface area contributed by atoms with E-state index in [4.69, 9.17) is 9.15 Å². The van der Waals surface area contributed by atoms with Gasteiger partial charge in [-0.3, -0.25) is 4.79 Å². The van der Waals surface area contributed by atoms with Gasteiger partial charge >= 0.3 is 0 Å². The van der Waals surface area contributed by atoms with E-state index in [0.29, 0.717) is 5.56 Å². The second kappa shape index (κ2) is 7.65. The summed E-state index contributed by atoms with van der Waals surface area (Å²) in [6, 6.07) is 9.55. The molecule has 1 aliphatic rings. The number of fused-ring (bicyclic) bond motifs is 1. The van der Waals surface area contributed by atoms with Crippen molar-refractivity contribution in [2.45, 2.75) is 37.4 Å². The summed E-state index contributed by atoms with van der Waals surface area (Å²) in [4.78, 5) is 12.8. The number of aromatic hydroxyl groups is 2. The van der Waals surface area contributed by atoms with E-state index in [0.717, 1.165) is 11.4 Å². The minimum atomic E-state index is -1.64. The fourth-order valence-electron chi connectivity index (χ4n) is 3.66. The van der Waals surface area contributed by atoms with Gasteiger partial charge in [-0.15, -0.1) is 9.24 Å². The van der Waals surface area contributed by atoms with E-state index in [1.165, 1.54) is 13.0 Å². The third-order valence-electron chi connectivity index (χ3n) is 5.34. The van der Waals surface area contributed by atoms with Gasteiger partial charge < -0.3 is 34.7 Å². The van der Waals surface area contributed by atoms with Crippen LogP contribution in [0.4, 0.5) is 0 Å². The molecular formula is C21H21O8P. The zero-order chi connectivity index (χ0) is 21.7. The van der Waals surface area contributed by atoms with Crippen LogP contribution in [-0.4, -0.2) is 49.9 Å². The summed E-state index contributed by atoms with van der Waals surface area (Å²) in [5, 5.41) is 52.3. The lowest BCUT2D eigenvalue weighted by atomic mass is 9.90. The van der Waals surface area contributed by atoms with Crippen molar-refractivity contribution in [1.29, 1.82) is 0 Å². The lowest BCUT2D eigenvalue weighted by Crippen LogP contribution is -2.53. The molecule has 1 unspecified atom stereocenters. The predicted molar refractivity (Wildman–Crippen MR) is 112 cm³/mol. The van der Waals surface area contributed by atoms with Gasteiger partial charge in [0.15, 0.2) is 5.43 Å². The maximum absolute atomic E-state index is 12.8. The minimum Gasteiger partial charge on any atom is -0.507 e. The zero-order valence-corrected chi connectivity index (χ0v) is 17.0. The SMILES string of the molecule is C[C@@H]1O[C@H](c2c(O)cc3oc(-c4ccc(P)cc4)cc(=O)c3c2O)[C@@H](O)[C@H](O)[C@H]1O. The number of benzene rings is 2. The summed E-state index contributed by atoms with van der Waals surface area (Å²) in [7, 11) is 2.55. The minimum absolute atomic E-state index is 0.0508. The van der Waals surface area contributed by atoms with Gasteiger partial charge in [0.05, 0.1) is 11.7 Å². The quantitative estimate of drug-likeness (QED) is 0.377. The van der Waals surface area contributed by atoms with Crippen LogP contribution in [0.25, 0.3) is 22.3 Å². The zero-order valence-electron chi connectivity index (χ0n) is 15.9. The molecule has 5 N–H and O–H groups in total. The molecule has 0 radical (unpaired) electrons. The van der Waals surface area contributed by atoms with Crippen LogP contribution in [0.3, 0.4) is 0 Å². The van der Waals surface area contributed by atoms with E-state index in [1.807, 2.05) is 12.1 Å². The van der Waals surface area contributed by atoms with Gasteiger partial charge in [0.2, 0.25) is 0 Å². The van der Waals surface area contributed by atoms with Gasteiger partial charge in [0.25, 0.3) is 0 Å². The number of rotatable bonds is 2. The van der Waals surface area contributed by atoms with Gasteiger partial charge in [-0.05, 0) is 12.2 Å². The topological polar surface area (TPSA) is 141 Å². The van der Waals surface area contributed by atoms with Gasteiger partial charge in [-0.25, -0.2) is 0 Å². The maximum atomic E-state index is 12.8. The van der Waals surface area contributed by atoms with E-state index < -0.39 is 47.4 Å². The van der Waals surface area contributed by atoms with Crippen molar-refractivity contribution >= 4 is 25.5 Å². The number of phenols is 2. The van der Waals surface area contributed by atoms with Gasteiger partial charge in [0.1, 0.15) is 52.6 Å². The normalized spacial score (nSPS) is 26.8. The molecule has 1 aromatic heterocycles. The Labute approximate surface area is 173 Å². The third kappa shape index (κ3) is 3.37. The van der Waals surface area contributed by atoms with Gasteiger partial charge in [-0.1, -0.05) is 24.3 Å². The fourth-order valence-corrected chi connectivity index (χ4v) is 3.86. The fraction of sp³-hybridized carbons (Fsp3) is 0.286.